The number of hydrogen-bond donors (Lipinski definition) is 2. The second kappa shape index (κ2) is 9.30. The Morgan fingerprint density at radius 3 is 2.60 bits per heavy atom. The molecule has 0 atom stereocenters. The third-order valence-electron chi connectivity index (χ3n) is 3.65. The maximum atomic E-state index is 11.9. The van der Waals surface area contributed by atoms with Crippen LogP contribution < -0.4 is 10.6 Å². The molecule has 3 amide bonds. The number of likely N-dealkylation sites (tertiary alicyclic amines) is 1. The minimum Gasteiger partial charge on any atom is -0.453 e. The van der Waals surface area contributed by atoms with Crippen LogP contribution in [0.2, 0.25) is 0 Å². The summed E-state index contributed by atoms with van der Waals surface area (Å²) >= 11 is 1.23. The number of rotatable bonds is 6. The van der Waals surface area contributed by atoms with Crippen LogP contribution in [-0.2, 0) is 14.3 Å². The van der Waals surface area contributed by atoms with E-state index in [0.29, 0.717) is 37.5 Å². The van der Waals surface area contributed by atoms with Crippen molar-refractivity contribution in [3.63, 3.8) is 0 Å². The standard InChI is InChI=1S/C15H22N4O5S/c1-10-7-12(18-24-10)17-14(21)9-25-8-13(20)16-11-3-5-19(6-4-11)15(22)23-2/h7,11H,3-6,8-9H2,1-2H3,(H,16,20)(H,17,18,21). The largest absolute Gasteiger partial charge is 0.453 e. The molecule has 0 radical (unpaired) electrons. The van der Waals surface area contributed by atoms with Crippen LogP contribution in [0.25, 0.3) is 0 Å². The lowest BCUT2D eigenvalue weighted by Crippen LogP contribution is -2.47. The van der Waals surface area contributed by atoms with Gasteiger partial charge in [-0.05, 0) is 19.8 Å². The molecule has 0 aliphatic carbocycles. The fraction of sp³-hybridized carbons (Fsp3) is 0.600. The molecular weight excluding hydrogens is 348 g/mol. The minimum atomic E-state index is -0.339. The molecule has 0 spiro atoms. The maximum Gasteiger partial charge on any atom is 0.409 e. The van der Waals surface area contributed by atoms with E-state index < -0.39 is 0 Å². The zero-order chi connectivity index (χ0) is 18.2. The van der Waals surface area contributed by atoms with Crippen LogP contribution in [0.1, 0.15) is 18.6 Å². The van der Waals surface area contributed by atoms with Crippen LogP contribution in [0.5, 0.6) is 0 Å². The number of ether oxygens (including phenoxy) is 1. The van der Waals surface area contributed by atoms with Gasteiger partial charge in [-0.2, -0.15) is 0 Å². The summed E-state index contributed by atoms with van der Waals surface area (Å²) in [6.07, 6.45) is 1.04. The normalized spacial score (nSPS) is 14.9. The Balaban J connectivity index is 1.59. The van der Waals surface area contributed by atoms with E-state index in [1.54, 1.807) is 17.9 Å². The molecule has 0 unspecified atom stereocenters. The van der Waals surface area contributed by atoms with Crippen molar-refractivity contribution in [3.8, 4) is 0 Å². The molecule has 1 aliphatic heterocycles. The molecule has 1 aromatic rings. The molecule has 1 saturated heterocycles. The quantitative estimate of drug-likeness (QED) is 0.768. The number of carbonyl (C=O) groups excluding carboxylic acids is 3. The molecule has 25 heavy (non-hydrogen) atoms. The highest BCUT2D eigenvalue weighted by Gasteiger charge is 2.24. The monoisotopic (exact) mass is 370 g/mol. The van der Waals surface area contributed by atoms with Crippen molar-refractivity contribution in [2.45, 2.75) is 25.8 Å². The van der Waals surface area contributed by atoms with Crippen molar-refractivity contribution >= 4 is 35.5 Å². The average Bonchev–Trinajstić information content (AvgIpc) is 2.99. The average molecular weight is 370 g/mol. The van der Waals surface area contributed by atoms with Gasteiger partial charge in [-0.3, -0.25) is 9.59 Å². The first kappa shape index (κ1) is 19.1. The van der Waals surface area contributed by atoms with Crippen molar-refractivity contribution in [2.24, 2.45) is 0 Å². The van der Waals surface area contributed by atoms with Crippen LogP contribution in [-0.4, -0.2) is 65.7 Å². The number of piperidine rings is 1. The van der Waals surface area contributed by atoms with Gasteiger partial charge in [-0.25, -0.2) is 4.79 Å². The molecule has 1 aromatic heterocycles. The number of anilines is 1. The van der Waals surface area contributed by atoms with Crippen molar-refractivity contribution < 1.29 is 23.6 Å². The van der Waals surface area contributed by atoms with E-state index in [2.05, 4.69) is 20.5 Å². The van der Waals surface area contributed by atoms with E-state index in [-0.39, 0.29) is 35.5 Å². The predicted molar refractivity (Wildman–Crippen MR) is 92.3 cm³/mol. The van der Waals surface area contributed by atoms with Crippen molar-refractivity contribution in [1.29, 1.82) is 0 Å². The van der Waals surface area contributed by atoms with Gasteiger partial charge < -0.3 is 24.8 Å². The lowest BCUT2D eigenvalue weighted by molar-refractivity contribution is -0.119. The molecule has 10 heteroatoms. The summed E-state index contributed by atoms with van der Waals surface area (Å²) in [5.41, 5.74) is 0. The highest BCUT2D eigenvalue weighted by atomic mass is 32.2. The SMILES string of the molecule is COC(=O)N1CCC(NC(=O)CSCC(=O)Nc2cc(C)on2)CC1. The minimum absolute atomic E-state index is 0.0425. The summed E-state index contributed by atoms with van der Waals surface area (Å²) in [6.45, 7) is 2.85. The highest BCUT2D eigenvalue weighted by Crippen LogP contribution is 2.12. The van der Waals surface area contributed by atoms with E-state index in [4.69, 9.17) is 4.52 Å². The van der Waals surface area contributed by atoms with Gasteiger partial charge >= 0.3 is 6.09 Å². The molecule has 138 valence electrons. The number of methoxy groups -OCH3 is 1. The van der Waals surface area contributed by atoms with Gasteiger partial charge in [0.15, 0.2) is 5.82 Å². The van der Waals surface area contributed by atoms with Crippen LogP contribution in [0, 0.1) is 6.92 Å². The van der Waals surface area contributed by atoms with Gasteiger partial charge in [0.2, 0.25) is 11.8 Å². The molecule has 2 rings (SSSR count). The van der Waals surface area contributed by atoms with E-state index in [0.717, 1.165) is 0 Å². The van der Waals surface area contributed by atoms with E-state index >= 15 is 0 Å². The second-order valence-corrected chi connectivity index (χ2v) is 6.65. The topological polar surface area (TPSA) is 114 Å². The third kappa shape index (κ3) is 6.29. The number of amides is 3. The molecule has 1 aliphatic rings. The molecule has 0 saturated carbocycles. The third-order valence-corrected chi connectivity index (χ3v) is 4.59. The van der Waals surface area contributed by atoms with E-state index in [1.165, 1.54) is 18.9 Å². The van der Waals surface area contributed by atoms with Gasteiger partial charge in [0, 0.05) is 25.2 Å². The first-order valence-electron chi connectivity index (χ1n) is 7.91. The van der Waals surface area contributed by atoms with Crippen LogP contribution in [0.15, 0.2) is 10.6 Å². The summed E-state index contributed by atoms with van der Waals surface area (Å²) in [4.78, 5) is 36.7. The van der Waals surface area contributed by atoms with E-state index in [9.17, 15) is 14.4 Å². The van der Waals surface area contributed by atoms with Crippen LogP contribution in [0.4, 0.5) is 10.6 Å². The Morgan fingerprint density at radius 2 is 2.00 bits per heavy atom. The first-order chi connectivity index (χ1) is 12.0. The van der Waals surface area contributed by atoms with Gasteiger partial charge in [-0.15, -0.1) is 11.8 Å². The summed E-state index contributed by atoms with van der Waals surface area (Å²) in [6, 6.07) is 1.66. The Bertz CT molecular complexity index is 613. The van der Waals surface area contributed by atoms with Crippen molar-refractivity contribution in [2.75, 3.05) is 37.0 Å². The van der Waals surface area contributed by atoms with Gasteiger partial charge in [0.25, 0.3) is 0 Å². The zero-order valence-electron chi connectivity index (χ0n) is 14.2. The number of nitrogens with zero attached hydrogens (tertiary/aromatic N) is 2. The van der Waals surface area contributed by atoms with Crippen molar-refractivity contribution in [3.05, 3.63) is 11.8 Å². The van der Waals surface area contributed by atoms with Gasteiger partial charge in [-0.1, -0.05) is 5.16 Å². The number of thioether (sulfide) groups is 1. The first-order valence-corrected chi connectivity index (χ1v) is 9.06. The summed E-state index contributed by atoms with van der Waals surface area (Å²) in [5.74, 6) is 0.970. The number of aryl methyl sites for hydroxylation is 1. The van der Waals surface area contributed by atoms with Gasteiger partial charge in [0.05, 0.1) is 18.6 Å². The van der Waals surface area contributed by atoms with Crippen LogP contribution >= 0.6 is 11.8 Å². The fourth-order valence-electron chi connectivity index (χ4n) is 2.45. The lowest BCUT2D eigenvalue weighted by atomic mass is 10.1. The van der Waals surface area contributed by atoms with E-state index in [1.807, 2.05) is 0 Å². The second-order valence-electron chi connectivity index (χ2n) is 5.66. The van der Waals surface area contributed by atoms with Crippen molar-refractivity contribution in [1.82, 2.24) is 15.4 Å². The number of carbonyl (C=O) groups is 3. The number of nitrogens with one attached hydrogen (secondary N) is 2. The number of aromatic nitrogens is 1. The summed E-state index contributed by atoms with van der Waals surface area (Å²) in [5, 5.41) is 9.19. The van der Waals surface area contributed by atoms with Crippen LogP contribution in [0.3, 0.4) is 0 Å². The Hall–Kier alpha value is -2.23. The molecule has 9 nitrogen and oxygen atoms in total. The Kier molecular flexibility index (Phi) is 7.11. The predicted octanol–water partition coefficient (Wildman–Crippen LogP) is 1.00. The molecule has 0 aromatic carbocycles. The number of hydrogen-bond acceptors (Lipinski definition) is 7. The molecule has 0 bridgehead atoms. The summed E-state index contributed by atoms with van der Waals surface area (Å²) < 4.78 is 9.53. The molecule has 1 fully saturated rings. The highest BCUT2D eigenvalue weighted by molar-refractivity contribution is 8.00. The smallest absolute Gasteiger partial charge is 0.409 e. The fourth-order valence-corrected chi connectivity index (χ4v) is 3.07. The molecule has 2 heterocycles. The lowest BCUT2D eigenvalue weighted by Gasteiger charge is -2.31. The molecule has 2 N–H and O–H groups in total. The molecular formula is C15H22N4O5S. The zero-order valence-corrected chi connectivity index (χ0v) is 15.1. The maximum absolute atomic E-state index is 11.9. The Labute approximate surface area is 149 Å². The van der Waals surface area contributed by atoms with Gasteiger partial charge in [0.1, 0.15) is 5.76 Å². The Morgan fingerprint density at radius 1 is 1.32 bits per heavy atom. The summed E-state index contributed by atoms with van der Waals surface area (Å²) in [7, 11) is 1.35.